The van der Waals surface area contributed by atoms with E-state index in [0.29, 0.717) is 13.1 Å². The first-order valence-corrected chi connectivity index (χ1v) is 8.08. The maximum absolute atomic E-state index is 11.5. The number of hydrogen-bond donors (Lipinski definition) is 3. The van der Waals surface area contributed by atoms with Gasteiger partial charge >= 0.3 is 6.03 Å². The number of carbonyl (C=O) groups excluding carboxylic acids is 1. The number of rotatable bonds is 7. The van der Waals surface area contributed by atoms with E-state index in [2.05, 4.69) is 22.8 Å². The average molecular weight is 294 g/mol. The molecule has 3 N–H and O–H groups in total. The molecule has 1 saturated carbocycles. The second-order valence-electron chi connectivity index (χ2n) is 5.20. The Hall–Kier alpha value is -1.20. The molecule has 1 aliphatic carbocycles. The van der Waals surface area contributed by atoms with Gasteiger partial charge in [-0.3, -0.25) is 0 Å². The van der Waals surface area contributed by atoms with Crippen LogP contribution in [0.1, 0.15) is 25.7 Å². The molecule has 1 fully saturated rings. The summed E-state index contributed by atoms with van der Waals surface area (Å²) in [6.07, 6.45) is 3.57. The topological polar surface area (TPSA) is 61.4 Å². The van der Waals surface area contributed by atoms with E-state index in [9.17, 15) is 9.90 Å². The van der Waals surface area contributed by atoms with Gasteiger partial charge in [-0.1, -0.05) is 18.2 Å². The van der Waals surface area contributed by atoms with Crippen molar-refractivity contribution in [2.45, 2.75) is 36.2 Å². The quantitative estimate of drug-likeness (QED) is 0.534. The number of urea groups is 1. The predicted octanol–water partition coefficient (Wildman–Crippen LogP) is 2.38. The zero-order valence-corrected chi connectivity index (χ0v) is 12.4. The van der Waals surface area contributed by atoms with Crippen molar-refractivity contribution in [2.24, 2.45) is 0 Å². The van der Waals surface area contributed by atoms with Gasteiger partial charge in [0.25, 0.3) is 0 Å². The zero-order chi connectivity index (χ0) is 14.3. The third kappa shape index (κ3) is 5.06. The van der Waals surface area contributed by atoms with Crippen molar-refractivity contribution < 1.29 is 9.90 Å². The summed E-state index contributed by atoms with van der Waals surface area (Å²) in [5.74, 6) is 0.980. The van der Waals surface area contributed by atoms with Crippen LogP contribution in [0.4, 0.5) is 4.79 Å². The molecule has 1 aromatic carbocycles. The Bertz CT molecular complexity index is 421. The van der Waals surface area contributed by atoms with E-state index in [-0.39, 0.29) is 6.03 Å². The van der Waals surface area contributed by atoms with E-state index in [1.165, 1.54) is 4.90 Å². The molecule has 0 aliphatic heterocycles. The van der Waals surface area contributed by atoms with Crippen LogP contribution in [0.2, 0.25) is 0 Å². The van der Waals surface area contributed by atoms with Crippen molar-refractivity contribution in [1.29, 1.82) is 0 Å². The molecule has 0 unspecified atom stereocenters. The molecule has 1 aliphatic rings. The second-order valence-corrected chi connectivity index (χ2v) is 6.37. The lowest BCUT2D eigenvalue weighted by Gasteiger charge is -2.36. The summed E-state index contributed by atoms with van der Waals surface area (Å²) in [4.78, 5) is 12.8. The Morgan fingerprint density at radius 3 is 2.65 bits per heavy atom. The van der Waals surface area contributed by atoms with Crippen LogP contribution in [-0.2, 0) is 0 Å². The first-order chi connectivity index (χ1) is 9.68. The van der Waals surface area contributed by atoms with Crippen LogP contribution in [0.15, 0.2) is 35.2 Å². The van der Waals surface area contributed by atoms with Crippen LogP contribution in [0.5, 0.6) is 0 Å². The van der Waals surface area contributed by atoms with Gasteiger partial charge in [0.05, 0.1) is 5.60 Å². The van der Waals surface area contributed by atoms with Gasteiger partial charge in [0.1, 0.15) is 0 Å². The molecule has 5 heteroatoms. The minimum Gasteiger partial charge on any atom is -0.388 e. The molecule has 0 bridgehead atoms. The first kappa shape index (κ1) is 15.2. The van der Waals surface area contributed by atoms with Crippen molar-refractivity contribution in [1.82, 2.24) is 10.6 Å². The molecule has 4 nitrogen and oxygen atoms in total. The van der Waals surface area contributed by atoms with Crippen LogP contribution in [0.3, 0.4) is 0 Å². The Labute approximate surface area is 124 Å². The molecular formula is C15H22N2O2S. The van der Waals surface area contributed by atoms with E-state index in [1.54, 1.807) is 11.8 Å². The number of benzene rings is 1. The largest absolute Gasteiger partial charge is 0.388 e. The third-order valence-corrected chi connectivity index (χ3v) is 4.58. The summed E-state index contributed by atoms with van der Waals surface area (Å²) < 4.78 is 0. The smallest absolute Gasteiger partial charge is 0.314 e. The number of hydrogen-bond acceptors (Lipinski definition) is 3. The van der Waals surface area contributed by atoms with Crippen molar-refractivity contribution in [3.8, 4) is 0 Å². The Morgan fingerprint density at radius 1 is 1.25 bits per heavy atom. The monoisotopic (exact) mass is 294 g/mol. The number of amides is 2. The van der Waals surface area contributed by atoms with Crippen LogP contribution in [-0.4, -0.2) is 35.6 Å². The summed E-state index contributed by atoms with van der Waals surface area (Å²) in [5, 5.41) is 15.4. The highest BCUT2D eigenvalue weighted by Crippen LogP contribution is 2.30. The normalized spacial score (nSPS) is 16.2. The standard InChI is InChI=1S/C15H22N2O2S/c18-14(17-12-15(19)8-4-9-15)16-10-5-11-20-13-6-2-1-3-7-13/h1-3,6-7,19H,4-5,8-12H2,(H2,16,17,18). The molecule has 0 aromatic heterocycles. The van der Waals surface area contributed by atoms with E-state index < -0.39 is 5.60 Å². The zero-order valence-electron chi connectivity index (χ0n) is 11.6. The van der Waals surface area contributed by atoms with E-state index in [0.717, 1.165) is 31.4 Å². The lowest BCUT2D eigenvalue weighted by molar-refractivity contribution is -0.0290. The molecule has 2 rings (SSSR count). The van der Waals surface area contributed by atoms with Gasteiger partial charge in [-0.2, -0.15) is 0 Å². The van der Waals surface area contributed by atoms with E-state index >= 15 is 0 Å². The molecule has 0 atom stereocenters. The van der Waals surface area contributed by atoms with Crippen LogP contribution >= 0.6 is 11.8 Å². The number of aliphatic hydroxyl groups is 1. The SMILES string of the molecule is O=C(NCCCSc1ccccc1)NCC1(O)CCC1. The van der Waals surface area contributed by atoms with Crippen LogP contribution < -0.4 is 10.6 Å². The minimum atomic E-state index is -0.652. The molecule has 110 valence electrons. The van der Waals surface area contributed by atoms with Gasteiger partial charge in [0.2, 0.25) is 0 Å². The van der Waals surface area contributed by atoms with E-state index in [1.807, 2.05) is 18.2 Å². The molecular weight excluding hydrogens is 272 g/mol. The van der Waals surface area contributed by atoms with Crippen molar-refractivity contribution in [2.75, 3.05) is 18.8 Å². The number of nitrogens with one attached hydrogen (secondary N) is 2. The van der Waals surface area contributed by atoms with Crippen molar-refractivity contribution in [3.63, 3.8) is 0 Å². The summed E-state index contributed by atoms with van der Waals surface area (Å²) in [5.41, 5.74) is -0.652. The molecule has 0 spiro atoms. The summed E-state index contributed by atoms with van der Waals surface area (Å²) >= 11 is 1.79. The molecule has 0 radical (unpaired) electrons. The molecule has 1 aromatic rings. The summed E-state index contributed by atoms with van der Waals surface area (Å²) in [7, 11) is 0. The minimum absolute atomic E-state index is 0.185. The van der Waals surface area contributed by atoms with Crippen LogP contribution in [0, 0.1) is 0 Å². The third-order valence-electron chi connectivity index (χ3n) is 3.48. The highest BCUT2D eigenvalue weighted by atomic mass is 32.2. The van der Waals surface area contributed by atoms with Crippen molar-refractivity contribution >= 4 is 17.8 Å². The highest BCUT2D eigenvalue weighted by Gasteiger charge is 2.34. The average Bonchev–Trinajstić information content (AvgIpc) is 2.44. The van der Waals surface area contributed by atoms with Gasteiger partial charge in [-0.05, 0) is 43.6 Å². The van der Waals surface area contributed by atoms with Gasteiger partial charge in [0.15, 0.2) is 0 Å². The van der Waals surface area contributed by atoms with Gasteiger partial charge in [-0.25, -0.2) is 4.79 Å². The molecule has 2 amide bonds. The van der Waals surface area contributed by atoms with Gasteiger partial charge in [0, 0.05) is 18.0 Å². The fraction of sp³-hybridized carbons (Fsp3) is 0.533. The van der Waals surface area contributed by atoms with Gasteiger partial charge < -0.3 is 15.7 Å². The summed E-state index contributed by atoms with van der Waals surface area (Å²) in [6, 6.07) is 10.0. The Balaban J connectivity index is 1.49. The van der Waals surface area contributed by atoms with E-state index in [4.69, 9.17) is 0 Å². The lowest BCUT2D eigenvalue weighted by Crippen LogP contribution is -2.50. The number of carbonyl (C=O) groups is 1. The first-order valence-electron chi connectivity index (χ1n) is 7.10. The maximum Gasteiger partial charge on any atom is 0.314 e. The van der Waals surface area contributed by atoms with Gasteiger partial charge in [-0.15, -0.1) is 11.8 Å². The predicted molar refractivity (Wildman–Crippen MR) is 82.0 cm³/mol. The maximum atomic E-state index is 11.5. The number of thioether (sulfide) groups is 1. The second kappa shape index (κ2) is 7.55. The highest BCUT2D eigenvalue weighted by molar-refractivity contribution is 7.99. The summed E-state index contributed by atoms with van der Waals surface area (Å²) in [6.45, 7) is 1.02. The lowest BCUT2D eigenvalue weighted by atomic mass is 9.80. The van der Waals surface area contributed by atoms with Crippen molar-refractivity contribution in [3.05, 3.63) is 30.3 Å². The molecule has 0 heterocycles. The fourth-order valence-corrected chi connectivity index (χ4v) is 2.92. The Kier molecular flexibility index (Phi) is 5.73. The van der Waals surface area contributed by atoms with Crippen LogP contribution in [0.25, 0.3) is 0 Å². The Morgan fingerprint density at radius 2 is 2.00 bits per heavy atom. The molecule has 20 heavy (non-hydrogen) atoms. The fourth-order valence-electron chi connectivity index (χ4n) is 2.05. The molecule has 0 saturated heterocycles.